The molecule has 2 aromatic heterocycles. The van der Waals surface area contributed by atoms with E-state index >= 15 is 0 Å². The highest BCUT2D eigenvalue weighted by atomic mass is 35.5. The first-order valence-electron chi connectivity index (χ1n) is 10.1. The van der Waals surface area contributed by atoms with Crippen molar-refractivity contribution in [2.75, 3.05) is 32.7 Å². The van der Waals surface area contributed by atoms with Crippen LogP contribution in [0.5, 0.6) is 0 Å². The van der Waals surface area contributed by atoms with Crippen LogP contribution < -0.4 is 5.32 Å². The Labute approximate surface area is 186 Å². The van der Waals surface area contributed by atoms with Gasteiger partial charge in [0.15, 0.2) is 10.9 Å². The topological polar surface area (TPSA) is 115 Å². The van der Waals surface area contributed by atoms with Crippen molar-refractivity contribution >= 4 is 34.2 Å². The Balaban J connectivity index is 0.000000614. The molecule has 3 rings (SSSR count). The maximum atomic E-state index is 12.7. The number of aryl methyl sites for hydroxylation is 1. The number of amides is 1. The number of ether oxygens (including phenoxy) is 1. The number of anilines is 1. The summed E-state index contributed by atoms with van der Waals surface area (Å²) in [6, 6.07) is 1.90. The molecule has 2 aromatic rings. The Kier molecular flexibility index (Phi) is 9.47. The van der Waals surface area contributed by atoms with Gasteiger partial charge in [0.05, 0.1) is 24.6 Å². The summed E-state index contributed by atoms with van der Waals surface area (Å²) in [6.45, 7) is 6.66. The van der Waals surface area contributed by atoms with Crippen LogP contribution in [0.3, 0.4) is 0 Å². The van der Waals surface area contributed by atoms with Gasteiger partial charge in [0.1, 0.15) is 11.8 Å². The largest absolute Gasteiger partial charge is 0.447 e. The third kappa shape index (κ3) is 6.28. The van der Waals surface area contributed by atoms with E-state index in [1.54, 1.807) is 27.0 Å². The molecule has 2 unspecified atom stereocenters. The molecule has 0 spiro atoms. The van der Waals surface area contributed by atoms with E-state index in [0.717, 1.165) is 29.7 Å². The van der Waals surface area contributed by atoms with Gasteiger partial charge in [-0.1, -0.05) is 18.5 Å². The van der Waals surface area contributed by atoms with Crippen LogP contribution in [0.2, 0.25) is 5.15 Å². The Bertz CT molecular complexity index is 890. The number of rotatable bonds is 7. The molecule has 1 saturated heterocycles. The average Bonchev–Trinajstić information content (AvgIpc) is 3.12. The summed E-state index contributed by atoms with van der Waals surface area (Å²) in [7, 11) is 2.97. The van der Waals surface area contributed by atoms with Crippen molar-refractivity contribution in [3.05, 3.63) is 27.6 Å². The summed E-state index contributed by atoms with van der Waals surface area (Å²) in [5, 5.41) is 7.83. The van der Waals surface area contributed by atoms with Crippen LogP contribution in [-0.2, 0) is 14.4 Å². The lowest BCUT2D eigenvalue weighted by Crippen LogP contribution is -2.34. The monoisotopic (exact) mass is 456 g/mol. The predicted octanol–water partition coefficient (Wildman–Crippen LogP) is 4.50. The molecule has 172 valence electrons. The summed E-state index contributed by atoms with van der Waals surface area (Å²) in [6.07, 6.45) is 2.90. The first-order valence-corrected chi connectivity index (χ1v) is 10.5. The Morgan fingerprint density at radius 2 is 2.19 bits per heavy atom. The minimum absolute atomic E-state index is 0.182. The molecule has 3 heterocycles. The fraction of sp³-hybridized carbons (Fsp3) is 0.600. The van der Waals surface area contributed by atoms with E-state index in [1.165, 1.54) is 7.11 Å². The van der Waals surface area contributed by atoms with Gasteiger partial charge in [-0.15, -0.1) is 4.91 Å². The second kappa shape index (κ2) is 11.8. The molecule has 0 saturated carbocycles. The second-order valence-corrected chi connectivity index (χ2v) is 7.34. The van der Waals surface area contributed by atoms with Gasteiger partial charge in [0.2, 0.25) is 5.76 Å². The zero-order valence-corrected chi connectivity index (χ0v) is 19.2. The number of nitrogens with zero attached hydrogens (tertiary/aromatic N) is 3. The fourth-order valence-corrected chi connectivity index (χ4v) is 3.52. The van der Waals surface area contributed by atoms with E-state index in [-0.39, 0.29) is 23.8 Å². The maximum absolute atomic E-state index is 12.7. The van der Waals surface area contributed by atoms with Crippen molar-refractivity contribution in [2.45, 2.75) is 52.2 Å². The predicted molar refractivity (Wildman–Crippen MR) is 117 cm³/mol. The number of nitrogens with one attached hydrogen (secondary N) is 1. The SMILES string of the molecule is CCC1CC(Nc2c(C(=O)N(C)OC)oc3c(C)nc(Cl)cc23)CCO1.CCON=O. The zero-order valence-electron chi connectivity index (χ0n) is 18.4. The van der Waals surface area contributed by atoms with Gasteiger partial charge in [-0.3, -0.25) is 9.63 Å². The first kappa shape index (κ1) is 24.8. The Morgan fingerprint density at radius 1 is 1.45 bits per heavy atom. The number of aromatic nitrogens is 1. The van der Waals surface area contributed by atoms with Crippen LogP contribution in [0.25, 0.3) is 11.0 Å². The fourth-order valence-electron chi connectivity index (χ4n) is 3.29. The van der Waals surface area contributed by atoms with Gasteiger partial charge >= 0.3 is 5.91 Å². The molecular weight excluding hydrogens is 428 g/mol. The molecule has 11 heteroatoms. The van der Waals surface area contributed by atoms with Crippen molar-refractivity contribution in [3.8, 4) is 0 Å². The molecule has 1 aliphatic rings. The van der Waals surface area contributed by atoms with Crippen molar-refractivity contribution < 1.29 is 23.6 Å². The van der Waals surface area contributed by atoms with Crippen molar-refractivity contribution in [1.82, 2.24) is 10.0 Å². The average molecular weight is 457 g/mol. The Morgan fingerprint density at radius 3 is 2.77 bits per heavy atom. The van der Waals surface area contributed by atoms with Gasteiger partial charge in [-0.05, 0) is 39.2 Å². The van der Waals surface area contributed by atoms with Crippen LogP contribution in [0.4, 0.5) is 5.69 Å². The molecule has 31 heavy (non-hydrogen) atoms. The third-order valence-corrected chi connectivity index (χ3v) is 5.11. The Hall–Kier alpha value is -2.43. The quantitative estimate of drug-likeness (QED) is 0.368. The van der Waals surface area contributed by atoms with Gasteiger partial charge in [0.25, 0.3) is 0 Å². The van der Waals surface area contributed by atoms with Gasteiger partial charge in [0, 0.05) is 25.1 Å². The molecule has 0 aromatic carbocycles. The van der Waals surface area contributed by atoms with E-state index in [1.807, 2.05) is 0 Å². The van der Waals surface area contributed by atoms with Gasteiger partial charge in [-0.2, -0.15) is 0 Å². The van der Waals surface area contributed by atoms with Crippen molar-refractivity contribution in [3.63, 3.8) is 0 Å². The molecule has 0 bridgehead atoms. The van der Waals surface area contributed by atoms with Gasteiger partial charge < -0.3 is 19.3 Å². The number of halogens is 1. The van der Waals surface area contributed by atoms with Crippen LogP contribution in [-0.4, -0.2) is 55.5 Å². The number of carbonyl (C=O) groups is 1. The molecule has 1 amide bonds. The lowest BCUT2D eigenvalue weighted by molar-refractivity contribution is -0.0771. The van der Waals surface area contributed by atoms with Gasteiger partial charge in [-0.25, -0.2) is 10.0 Å². The molecule has 2 atom stereocenters. The number of hydrogen-bond donors (Lipinski definition) is 1. The normalized spacial score (nSPS) is 18.1. The number of pyridine rings is 1. The highest BCUT2D eigenvalue weighted by Crippen LogP contribution is 2.36. The van der Waals surface area contributed by atoms with E-state index in [0.29, 0.717) is 35.3 Å². The minimum atomic E-state index is -0.374. The van der Waals surface area contributed by atoms with E-state index in [4.69, 9.17) is 30.5 Å². The van der Waals surface area contributed by atoms with E-state index in [9.17, 15) is 4.79 Å². The van der Waals surface area contributed by atoms with Crippen LogP contribution >= 0.6 is 11.6 Å². The molecule has 1 fully saturated rings. The number of carbonyl (C=O) groups excluding carboxylic acids is 1. The molecule has 10 nitrogen and oxygen atoms in total. The zero-order chi connectivity index (χ0) is 23.0. The first-order chi connectivity index (χ1) is 14.9. The van der Waals surface area contributed by atoms with Crippen molar-refractivity contribution in [1.29, 1.82) is 0 Å². The lowest BCUT2D eigenvalue weighted by atomic mass is 10.0. The lowest BCUT2D eigenvalue weighted by Gasteiger charge is -2.30. The highest BCUT2D eigenvalue weighted by Gasteiger charge is 2.29. The number of furan rings is 1. The number of hydrogen-bond acceptors (Lipinski definition) is 9. The number of fused-ring (bicyclic) bond motifs is 1. The maximum Gasteiger partial charge on any atom is 0.315 e. The molecule has 1 aliphatic heterocycles. The summed E-state index contributed by atoms with van der Waals surface area (Å²) in [4.78, 5) is 34.8. The second-order valence-electron chi connectivity index (χ2n) is 6.96. The summed E-state index contributed by atoms with van der Waals surface area (Å²) < 4.78 is 11.6. The minimum Gasteiger partial charge on any atom is -0.447 e. The third-order valence-electron chi connectivity index (χ3n) is 4.92. The van der Waals surface area contributed by atoms with E-state index in [2.05, 4.69) is 27.4 Å². The highest BCUT2D eigenvalue weighted by molar-refractivity contribution is 6.30. The van der Waals surface area contributed by atoms with Crippen LogP contribution in [0, 0.1) is 11.8 Å². The molecule has 1 N–H and O–H groups in total. The van der Waals surface area contributed by atoms with E-state index < -0.39 is 0 Å². The van der Waals surface area contributed by atoms with Crippen molar-refractivity contribution in [2.24, 2.45) is 5.34 Å². The number of hydroxylamine groups is 2. The smallest absolute Gasteiger partial charge is 0.315 e. The summed E-state index contributed by atoms with van der Waals surface area (Å²) in [5.74, 6) is -0.183. The van der Waals surface area contributed by atoms with Crippen LogP contribution in [0.1, 0.15) is 49.4 Å². The standard InChI is InChI=1S/C18H24ClN3O4.C2H5NO2/c1-5-12-8-11(6-7-25-12)21-15-13-9-14(19)20-10(2)16(13)26-17(15)18(23)22(3)24-4;1-2-5-3-4/h9,11-12,21H,5-8H2,1-4H3;2H2,1H3. The summed E-state index contributed by atoms with van der Waals surface area (Å²) in [5.41, 5.74) is 1.81. The summed E-state index contributed by atoms with van der Waals surface area (Å²) >= 11 is 6.14. The molecule has 0 radical (unpaired) electrons. The van der Waals surface area contributed by atoms with Crippen LogP contribution in [0.15, 0.2) is 15.8 Å². The molecular formula is C20H29ClN4O6. The molecule has 0 aliphatic carbocycles.